The SMILES string of the molecule is CCOc1cc2c(cc1OC)CCN(C=O)[C@H]2C(=O)c1c[nH]c2ccc(OC)cc12. The van der Waals surface area contributed by atoms with Crippen LogP contribution in [0.2, 0.25) is 0 Å². The fourth-order valence-corrected chi connectivity index (χ4v) is 4.06. The van der Waals surface area contributed by atoms with Crippen molar-refractivity contribution in [1.29, 1.82) is 0 Å². The van der Waals surface area contributed by atoms with Crippen molar-refractivity contribution in [2.45, 2.75) is 19.4 Å². The summed E-state index contributed by atoms with van der Waals surface area (Å²) in [6.07, 6.45) is 3.07. The number of hydrogen-bond donors (Lipinski definition) is 1. The Morgan fingerprint density at radius 2 is 2.03 bits per heavy atom. The molecule has 0 bridgehead atoms. The summed E-state index contributed by atoms with van der Waals surface area (Å²) in [5.74, 6) is 1.69. The van der Waals surface area contributed by atoms with Crippen molar-refractivity contribution in [1.82, 2.24) is 9.88 Å². The van der Waals surface area contributed by atoms with E-state index in [-0.39, 0.29) is 5.78 Å². The van der Waals surface area contributed by atoms with Gasteiger partial charge in [0.1, 0.15) is 11.8 Å². The molecule has 0 unspecified atom stereocenters. The molecule has 0 spiro atoms. The van der Waals surface area contributed by atoms with Crippen molar-refractivity contribution in [3.8, 4) is 17.2 Å². The fraction of sp³-hybridized carbons (Fsp3) is 0.304. The zero-order valence-corrected chi connectivity index (χ0v) is 17.2. The van der Waals surface area contributed by atoms with E-state index in [2.05, 4.69) is 4.98 Å². The van der Waals surface area contributed by atoms with Crippen LogP contribution in [0, 0.1) is 0 Å². The normalized spacial score (nSPS) is 15.6. The van der Waals surface area contributed by atoms with Crippen molar-refractivity contribution in [3.05, 3.63) is 53.2 Å². The minimum atomic E-state index is -0.735. The number of carbonyl (C=O) groups excluding carboxylic acids is 2. The van der Waals surface area contributed by atoms with Crippen LogP contribution >= 0.6 is 0 Å². The zero-order valence-electron chi connectivity index (χ0n) is 17.2. The van der Waals surface area contributed by atoms with E-state index >= 15 is 0 Å². The van der Waals surface area contributed by atoms with Crippen LogP contribution in [0.1, 0.15) is 34.5 Å². The van der Waals surface area contributed by atoms with Gasteiger partial charge in [-0.3, -0.25) is 9.59 Å². The van der Waals surface area contributed by atoms with E-state index in [0.29, 0.717) is 42.4 Å². The first-order valence-electron chi connectivity index (χ1n) is 9.85. The van der Waals surface area contributed by atoms with Gasteiger partial charge in [-0.15, -0.1) is 0 Å². The van der Waals surface area contributed by atoms with Crippen LogP contribution in [0.3, 0.4) is 0 Å². The highest BCUT2D eigenvalue weighted by Crippen LogP contribution is 2.40. The Balaban J connectivity index is 1.84. The Bertz CT molecular complexity index is 1100. The maximum absolute atomic E-state index is 13.7. The van der Waals surface area contributed by atoms with Crippen LogP contribution in [0.5, 0.6) is 17.2 Å². The lowest BCUT2D eigenvalue weighted by Crippen LogP contribution is -2.39. The van der Waals surface area contributed by atoms with E-state index in [1.807, 2.05) is 37.3 Å². The molecule has 0 saturated heterocycles. The van der Waals surface area contributed by atoms with E-state index in [0.717, 1.165) is 28.4 Å². The molecule has 0 fully saturated rings. The maximum Gasteiger partial charge on any atom is 0.210 e. The Morgan fingerprint density at radius 1 is 1.20 bits per heavy atom. The van der Waals surface area contributed by atoms with Crippen LogP contribution in [0.25, 0.3) is 10.9 Å². The quantitative estimate of drug-likeness (QED) is 0.478. The average Bonchev–Trinajstić information content (AvgIpc) is 3.20. The number of hydrogen-bond acceptors (Lipinski definition) is 5. The molecule has 156 valence electrons. The van der Waals surface area contributed by atoms with Crippen molar-refractivity contribution in [3.63, 3.8) is 0 Å². The second kappa shape index (κ2) is 8.10. The summed E-state index contributed by atoms with van der Waals surface area (Å²) in [5, 5.41) is 0.760. The van der Waals surface area contributed by atoms with Gasteiger partial charge >= 0.3 is 0 Å². The van der Waals surface area contributed by atoms with Crippen LogP contribution in [0.4, 0.5) is 0 Å². The molecule has 3 aromatic rings. The summed E-state index contributed by atoms with van der Waals surface area (Å²) in [5.41, 5.74) is 3.09. The third-order valence-corrected chi connectivity index (χ3v) is 5.53. The number of rotatable bonds is 7. The highest BCUT2D eigenvalue weighted by molar-refractivity contribution is 6.11. The molecule has 7 heteroatoms. The third kappa shape index (κ3) is 3.26. The molecule has 0 saturated carbocycles. The maximum atomic E-state index is 13.7. The van der Waals surface area contributed by atoms with Gasteiger partial charge in [0.25, 0.3) is 0 Å². The summed E-state index contributed by atoms with van der Waals surface area (Å²) in [4.78, 5) is 30.2. The van der Waals surface area contributed by atoms with Gasteiger partial charge in [0.05, 0.1) is 20.8 Å². The number of amides is 1. The molecule has 4 rings (SSSR count). The number of Topliss-reactive ketones (excluding diaryl/α,β-unsaturated/α-hetero) is 1. The molecule has 1 N–H and O–H groups in total. The van der Waals surface area contributed by atoms with Crippen LogP contribution in [-0.2, 0) is 11.2 Å². The van der Waals surface area contributed by atoms with E-state index in [9.17, 15) is 9.59 Å². The van der Waals surface area contributed by atoms with Gasteiger partial charge in [0.2, 0.25) is 6.41 Å². The lowest BCUT2D eigenvalue weighted by atomic mass is 9.87. The molecule has 2 aromatic carbocycles. The summed E-state index contributed by atoms with van der Waals surface area (Å²) < 4.78 is 16.5. The van der Waals surface area contributed by atoms with Crippen molar-refractivity contribution in [2.75, 3.05) is 27.4 Å². The molecular weight excluding hydrogens is 384 g/mol. The number of ether oxygens (including phenoxy) is 3. The summed E-state index contributed by atoms with van der Waals surface area (Å²) in [6, 6.07) is 8.53. The third-order valence-electron chi connectivity index (χ3n) is 5.53. The van der Waals surface area contributed by atoms with Gasteiger partial charge in [-0.05, 0) is 54.8 Å². The summed E-state index contributed by atoms with van der Waals surface area (Å²) in [6.45, 7) is 2.81. The minimum Gasteiger partial charge on any atom is -0.497 e. The number of benzene rings is 2. The van der Waals surface area contributed by atoms with Crippen molar-refractivity contribution < 1.29 is 23.8 Å². The molecule has 0 aliphatic carbocycles. The highest BCUT2D eigenvalue weighted by atomic mass is 16.5. The number of ketones is 1. The first-order valence-corrected chi connectivity index (χ1v) is 9.85. The lowest BCUT2D eigenvalue weighted by molar-refractivity contribution is -0.119. The Morgan fingerprint density at radius 3 is 2.73 bits per heavy atom. The number of nitrogens with zero attached hydrogens (tertiary/aromatic N) is 1. The van der Waals surface area contributed by atoms with Gasteiger partial charge in [-0.2, -0.15) is 0 Å². The minimum absolute atomic E-state index is 0.157. The molecule has 1 aliphatic heterocycles. The number of methoxy groups -OCH3 is 2. The number of aromatic amines is 1. The summed E-state index contributed by atoms with van der Waals surface area (Å²) >= 11 is 0. The highest BCUT2D eigenvalue weighted by Gasteiger charge is 2.35. The monoisotopic (exact) mass is 408 g/mol. The number of H-pyrrole nitrogens is 1. The topological polar surface area (TPSA) is 80.9 Å². The fourth-order valence-electron chi connectivity index (χ4n) is 4.06. The molecule has 30 heavy (non-hydrogen) atoms. The van der Waals surface area contributed by atoms with Crippen LogP contribution in [-0.4, -0.2) is 49.4 Å². The molecule has 7 nitrogen and oxygen atoms in total. The van der Waals surface area contributed by atoms with Gasteiger partial charge in [0, 0.05) is 29.2 Å². The molecule has 1 amide bonds. The van der Waals surface area contributed by atoms with E-state index in [1.54, 1.807) is 25.3 Å². The molecule has 1 aromatic heterocycles. The largest absolute Gasteiger partial charge is 0.497 e. The molecule has 1 aliphatic rings. The second-order valence-electron chi connectivity index (χ2n) is 7.11. The van der Waals surface area contributed by atoms with Crippen LogP contribution < -0.4 is 14.2 Å². The Labute approximate surface area is 174 Å². The van der Waals surface area contributed by atoms with Gasteiger partial charge in [-0.25, -0.2) is 0 Å². The Hall–Kier alpha value is -3.48. The van der Waals surface area contributed by atoms with E-state index in [4.69, 9.17) is 14.2 Å². The molecule has 1 atom stereocenters. The lowest BCUT2D eigenvalue weighted by Gasteiger charge is -2.34. The number of aromatic nitrogens is 1. The van der Waals surface area contributed by atoms with E-state index in [1.165, 1.54) is 0 Å². The predicted molar refractivity (Wildman–Crippen MR) is 113 cm³/mol. The standard InChI is InChI=1S/C23H24N2O5/c1-4-30-21-11-16-14(9-20(21)29-3)7-8-25(13-26)22(16)23(27)18-12-24-19-6-5-15(28-2)10-17(18)19/h5-6,9-13,22,24H,4,7-8H2,1-3H3/t22-/m1/s1. The van der Waals surface area contributed by atoms with Gasteiger partial charge in [0.15, 0.2) is 17.3 Å². The second-order valence-corrected chi connectivity index (χ2v) is 7.11. The zero-order chi connectivity index (χ0) is 21.3. The smallest absolute Gasteiger partial charge is 0.210 e. The van der Waals surface area contributed by atoms with Gasteiger partial charge < -0.3 is 24.1 Å². The van der Waals surface area contributed by atoms with Crippen molar-refractivity contribution in [2.24, 2.45) is 0 Å². The summed E-state index contributed by atoms with van der Waals surface area (Å²) in [7, 11) is 3.18. The Kier molecular flexibility index (Phi) is 5.35. The number of nitrogens with one attached hydrogen (secondary N) is 1. The first kappa shape index (κ1) is 19.8. The molecular formula is C23H24N2O5. The predicted octanol–water partition coefficient (Wildman–Crippen LogP) is 3.52. The van der Waals surface area contributed by atoms with E-state index < -0.39 is 6.04 Å². The number of carbonyl (C=O) groups is 2. The molecule has 0 radical (unpaired) electrons. The molecule has 2 heterocycles. The first-order chi connectivity index (χ1) is 14.6. The van der Waals surface area contributed by atoms with Crippen molar-refractivity contribution >= 4 is 23.1 Å². The van der Waals surface area contributed by atoms with Crippen LogP contribution in [0.15, 0.2) is 36.5 Å². The van der Waals surface area contributed by atoms with Gasteiger partial charge in [-0.1, -0.05) is 0 Å². The number of fused-ring (bicyclic) bond motifs is 2. The average molecular weight is 408 g/mol.